The number of hydrogen-bond acceptors (Lipinski definition) is 13. The van der Waals surface area contributed by atoms with Gasteiger partial charge in [-0.1, -0.05) is 73.1 Å². The van der Waals surface area contributed by atoms with Crippen LogP contribution in [0, 0.1) is 56.2 Å². The number of carbonyl (C=O) groups is 3. The highest BCUT2D eigenvalue weighted by Crippen LogP contribution is 2.76. The number of aliphatic hydroxyl groups is 6. The predicted octanol–water partition coefficient (Wildman–Crippen LogP) is 4.06. The van der Waals surface area contributed by atoms with E-state index in [0.29, 0.717) is 44.1 Å². The van der Waals surface area contributed by atoms with Crippen molar-refractivity contribution in [3.05, 3.63) is 23.3 Å². The van der Waals surface area contributed by atoms with Gasteiger partial charge in [0.25, 0.3) is 0 Å². The number of carboxylic acid groups (broad SMARTS) is 1. The van der Waals surface area contributed by atoms with Crippen molar-refractivity contribution in [3.8, 4) is 0 Å². The zero-order chi connectivity index (χ0) is 44.7. The average Bonchev–Trinajstić information content (AvgIpc) is 3.19. The Morgan fingerprint density at radius 1 is 0.900 bits per heavy atom. The third kappa shape index (κ3) is 6.84. The highest BCUT2D eigenvalue weighted by Gasteiger charge is 2.74. The maximum absolute atomic E-state index is 13.7. The zero-order valence-electron chi connectivity index (χ0n) is 37.2. The van der Waals surface area contributed by atoms with Crippen LogP contribution in [0.2, 0.25) is 0 Å². The quantitative estimate of drug-likeness (QED) is 0.0712. The van der Waals surface area contributed by atoms with E-state index in [4.69, 9.17) is 18.9 Å². The molecule has 60 heavy (non-hydrogen) atoms. The van der Waals surface area contributed by atoms with E-state index in [9.17, 15) is 50.1 Å². The van der Waals surface area contributed by atoms with E-state index in [-0.39, 0.29) is 35.7 Å². The standard InChI is InChI=1S/C46H72O14/c1-11-23(3)38(55)59-35-36(60-39(56)24(4)12-2)46(22-48)26(19-41(35,5)6)25-13-14-28-42(7)17-16-30(57-40-33(52)31(50)32(51)34(58-40)37(53)54)43(8,21-47)27(42)15-18-44(28,9)45(25,10)20-29(46)49/h12-13,23,26-36,40,47-52H,11,14-22H2,1-10H3,(H,53,54). The molecule has 0 spiro atoms. The van der Waals surface area contributed by atoms with Crippen LogP contribution in [0.4, 0.5) is 0 Å². The second kappa shape index (κ2) is 16.3. The lowest BCUT2D eigenvalue weighted by atomic mass is 9.33. The van der Waals surface area contributed by atoms with E-state index in [0.717, 1.165) is 12.0 Å². The van der Waals surface area contributed by atoms with Gasteiger partial charge in [-0.05, 0) is 99.2 Å². The lowest BCUT2D eigenvalue weighted by Gasteiger charge is -2.72. The fraction of sp³-hybridized carbons (Fsp3) is 0.848. The Morgan fingerprint density at radius 2 is 1.57 bits per heavy atom. The lowest BCUT2D eigenvalue weighted by Crippen LogP contribution is -2.72. The molecule has 18 atom stereocenters. The molecule has 5 fully saturated rings. The number of rotatable bonds is 10. The highest BCUT2D eigenvalue weighted by atomic mass is 16.7. The van der Waals surface area contributed by atoms with Crippen LogP contribution in [0.1, 0.15) is 121 Å². The SMILES string of the molecule is CC=C(C)C(=O)OC1C(OC(=O)C(C)CC)C(C)(C)CC2C3=CCC4C5(C)CCC(OC6OC(C(=O)O)C(O)C(O)C6O)C(C)(CO)C5CCC4(C)C3(C)CC(O)C21CO. The molecule has 1 saturated heterocycles. The van der Waals surface area contributed by atoms with Crippen molar-refractivity contribution in [2.45, 2.75) is 176 Å². The molecule has 0 aromatic carbocycles. The third-order valence-electron chi connectivity index (χ3n) is 17.8. The Kier molecular flexibility index (Phi) is 12.8. The minimum Gasteiger partial charge on any atom is -0.479 e. The minimum atomic E-state index is -1.85. The molecule has 0 radical (unpaired) electrons. The van der Waals surface area contributed by atoms with Crippen LogP contribution in [0.5, 0.6) is 0 Å². The van der Waals surface area contributed by atoms with E-state index in [1.807, 2.05) is 27.7 Å². The van der Waals surface area contributed by atoms with Gasteiger partial charge in [0.05, 0.1) is 36.8 Å². The Morgan fingerprint density at radius 3 is 2.15 bits per heavy atom. The second-order valence-corrected chi connectivity index (χ2v) is 21.1. The number of aliphatic hydroxyl groups excluding tert-OH is 6. The van der Waals surface area contributed by atoms with E-state index in [1.165, 1.54) is 0 Å². The summed E-state index contributed by atoms with van der Waals surface area (Å²) in [5, 5.41) is 76.9. The van der Waals surface area contributed by atoms with E-state index in [1.54, 1.807) is 26.8 Å². The van der Waals surface area contributed by atoms with Crippen molar-refractivity contribution in [2.75, 3.05) is 13.2 Å². The number of carboxylic acids is 1. The molecule has 0 aromatic heterocycles. The van der Waals surface area contributed by atoms with Crippen LogP contribution in [0.3, 0.4) is 0 Å². The van der Waals surface area contributed by atoms with Gasteiger partial charge in [0, 0.05) is 16.4 Å². The molecule has 0 bridgehead atoms. The van der Waals surface area contributed by atoms with Gasteiger partial charge < -0.3 is 54.7 Å². The first-order valence-electron chi connectivity index (χ1n) is 22.1. The van der Waals surface area contributed by atoms with E-state index in [2.05, 4.69) is 26.8 Å². The maximum atomic E-state index is 13.7. The first-order chi connectivity index (χ1) is 27.9. The Labute approximate surface area is 354 Å². The number of allylic oxidation sites excluding steroid dienone is 3. The smallest absolute Gasteiger partial charge is 0.335 e. The summed E-state index contributed by atoms with van der Waals surface area (Å²) >= 11 is 0. The van der Waals surface area contributed by atoms with Gasteiger partial charge in [0.15, 0.2) is 18.5 Å². The summed E-state index contributed by atoms with van der Waals surface area (Å²) in [6.07, 6.45) is -4.20. The number of ether oxygens (including phenoxy) is 4. The number of hydrogen-bond donors (Lipinski definition) is 7. The summed E-state index contributed by atoms with van der Waals surface area (Å²) in [6, 6.07) is 0. The summed E-state index contributed by atoms with van der Waals surface area (Å²) in [5.41, 5.74) is -2.76. The Hall–Kier alpha value is -2.43. The van der Waals surface area contributed by atoms with Crippen LogP contribution in [0.25, 0.3) is 0 Å². The molecule has 18 unspecified atom stereocenters. The van der Waals surface area contributed by atoms with Gasteiger partial charge in [-0.25, -0.2) is 9.59 Å². The lowest BCUT2D eigenvalue weighted by molar-refractivity contribution is -0.328. The summed E-state index contributed by atoms with van der Waals surface area (Å²) in [4.78, 5) is 39.0. The van der Waals surface area contributed by atoms with Crippen molar-refractivity contribution in [2.24, 2.45) is 56.2 Å². The fourth-order valence-electron chi connectivity index (χ4n) is 13.5. The molecule has 7 N–H and O–H groups in total. The first kappa shape index (κ1) is 47.1. The van der Waals surface area contributed by atoms with Crippen molar-refractivity contribution >= 4 is 17.9 Å². The van der Waals surface area contributed by atoms with Gasteiger partial charge >= 0.3 is 17.9 Å². The van der Waals surface area contributed by atoms with Crippen LogP contribution in [-0.2, 0) is 33.3 Å². The monoisotopic (exact) mass is 848 g/mol. The molecule has 340 valence electrons. The fourth-order valence-corrected chi connectivity index (χ4v) is 13.5. The van der Waals surface area contributed by atoms with Crippen molar-refractivity contribution < 1.29 is 69.1 Å². The van der Waals surface area contributed by atoms with Gasteiger partial charge in [0.2, 0.25) is 0 Å². The molecule has 5 aliphatic carbocycles. The van der Waals surface area contributed by atoms with Crippen LogP contribution < -0.4 is 0 Å². The van der Waals surface area contributed by atoms with Crippen molar-refractivity contribution in [1.29, 1.82) is 0 Å². The molecular formula is C46H72O14. The van der Waals surface area contributed by atoms with Gasteiger partial charge in [-0.2, -0.15) is 0 Å². The summed E-state index contributed by atoms with van der Waals surface area (Å²) in [5.74, 6) is -3.35. The summed E-state index contributed by atoms with van der Waals surface area (Å²) < 4.78 is 24.5. The average molecular weight is 849 g/mol. The molecule has 4 saturated carbocycles. The van der Waals surface area contributed by atoms with Crippen molar-refractivity contribution in [1.82, 2.24) is 0 Å². The first-order valence-corrected chi connectivity index (χ1v) is 22.1. The highest BCUT2D eigenvalue weighted by molar-refractivity contribution is 5.88. The molecule has 0 amide bonds. The van der Waals surface area contributed by atoms with Gasteiger partial charge in [-0.15, -0.1) is 0 Å². The molecule has 14 nitrogen and oxygen atoms in total. The molecule has 1 aliphatic heterocycles. The molecular weight excluding hydrogens is 776 g/mol. The Bertz CT molecular complexity index is 1730. The van der Waals surface area contributed by atoms with Crippen LogP contribution in [-0.4, -0.2) is 122 Å². The van der Waals surface area contributed by atoms with E-state index >= 15 is 0 Å². The number of esters is 2. The topological polar surface area (TPSA) is 230 Å². The molecule has 1 heterocycles. The second-order valence-electron chi connectivity index (χ2n) is 21.1. The van der Waals surface area contributed by atoms with Crippen LogP contribution >= 0.6 is 0 Å². The number of fused-ring (bicyclic) bond motifs is 7. The molecule has 6 aliphatic rings. The molecule has 14 heteroatoms. The third-order valence-corrected chi connectivity index (χ3v) is 17.8. The normalized spacial score (nSPS) is 47.9. The predicted molar refractivity (Wildman–Crippen MR) is 218 cm³/mol. The Balaban J connectivity index is 1.37. The molecule has 6 rings (SSSR count). The zero-order valence-corrected chi connectivity index (χ0v) is 37.2. The minimum absolute atomic E-state index is 0.0785. The maximum Gasteiger partial charge on any atom is 0.335 e. The number of aliphatic carboxylic acids is 1. The largest absolute Gasteiger partial charge is 0.479 e. The van der Waals surface area contributed by atoms with Crippen LogP contribution in [0.15, 0.2) is 23.3 Å². The van der Waals surface area contributed by atoms with Gasteiger partial charge in [0.1, 0.15) is 24.4 Å². The number of carbonyl (C=O) groups excluding carboxylic acids is 2. The summed E-state index contributed by atoms with van der Waals surface area (Å²) in [6.45, 7) is 19.1. The molecule has 0 aromatic rings. The van der Waals surface area contributed by atoms with Crippen molar-refractivity contribution in [3.63, 3.8) is 0 Å². The van der Waals surface area contributed by atoms with E-state index < -0.39 is 113 Å². The van der Waals surface area contributed by atoms with Gasteiger partial charge in [-0.3, -0.25) is 4.79 Å². The summed E-state index contributed by atoms with van der Waals surface area (Å²) in [7, 11) is 0.